The van der Waals surface area contributed by atoms with E-state index in [0.717, 1.165) is 11.3 Å². The topological polar surface area (TPSA) is 73.7 Å². The number of aromatic hydroxyl groups is 1. The van der Waals surface area contributed by atoms with Crippen molar-refractivity contribution in [1.29, 1.82) is 0 Å². The van der Waals surface area contributed by atoms with Crippen LogP contribution in [0.5, 0.6) is 5.75 Å². The quantitative estimate of drug-likeness (QED) is 0.586. The molecule has 0 saturated carbocycles. The molecule has 2 aromatic rings. The van der Waals surface area contributed by atoms with Crippen LogP contribution >= 0.6 is 11.6 Å². The molecule has 0 aliphatic carbocycles. The first-order chi connectivity index (χ1) is 10.6. The third-order valence-corrected chi connectivity index (χ3v) is 3.39. The van der Waals surface area contributed by atoms with E-state index in [9.17, 15) is 9.90 Å². The molecular formula is C16H16ClN3O2. The van der Waals surface area contributed by atoms with Crippen LogP contribution in [-0.4, -0.2) is 23.8 Å². The summed E-state index contributed by atoms with van der Waals surface area (Å²) >= 11 is 6.01. The standard InChI is InChI=1S/C16H16ClN3O2/c1-11-14(17)6-3-7-15(11)18-10-16(22)20-19-9-12-4-2-5-13(21)8-12/h2-9,18,21H,10H2,1H3,(H,20,22). The van der Waals surface area contributed by atoms with Gasteiger partial charge >= 0.3 is 0 Å². The third kappa shape index (κ3) is 4.49. The molecule has 0 aliphatic rings. The Kier molecular flexibility index (Phi) is 5.38. The van der Waals surface area contributed by atoms with Gasteiger partial charge in [0.25, 0.3) is 5.91 Å². The predicted molar refractivity (Wildman–Crippen MR) is 88.5 cm³/mol. The molecule has 0 saturated heterocycles. The molecule has 0 aromatic heterocycles. The summed E-state index contributed by atoms with van der Waals surface area (Å²) in [7, 11) is 0. The molecule has 2 rings (SSSR count). The Hall–Kier alpha value is -2.53. The van der Waals surface area contributed by atoms with Crippen LogP contribution in [0.2, 0.25) is 5.02 Å². The molecule has 0 spiro atoms. The summed E-state index contributed by atoms with van der Waals surface area (Å²) in [5.74, 6) is -0.135. The maximum Gasteiger partial charge on any atom is 0.259 e. The van der Waals surface area contributed by atoms with Gasteiger partial charge in [-0.25, -0.2) is 5.43 Å². The molecule has 0 fully saturated rings. The van der Waals surface area contributed by atoms with E-state index in [-0.39, 0.29) is 18.2 Å². The first kappa shape index (κ1) is 15.9. The second kappa shape index (κ2) is 7.47. The number of phenols is 1. The van der Waals surface area contributed by atoms with Crippen LogP contribution in [0.3, 0.4) is 0 Å². The van der Waals surface area contributed by atoms with Crippen LogP contribution < -0.4 is 10.7 Å². The highest BCUT2D eigenvalue weighted by atomic mass is 35.5. The monoisotopic (exact) mass is 317 g/mol. The van der Waals surface area contributed by atoms with Gasteiger partial charge in [-0.05, 0) is 42.3 Å². The van der Waals surface area contributed by atoms with Crippen LogP contribution in [0, 0.1) is 6.92 Å². The molecule has 0 aliphatic heterocycles. The minimum atomic E-state index is -0.282. The van der Waals surface area contributed by atoms with E-state index in [0.29, 0.717) is 10.6 Å². The summed E-state index contributed by atoms with van der Waals surface area (Å²) in [6, 6.07) is 12.0. The molecule has 6 heteroatoms. The van der Waals surface area contributed by atoms with Gasteiger partial charge < -0.3 is 10.4 Å². The lowest BCUT2D eigenvalue weighted by Gasteiger charge is -2.09. The molecule has 0 atom stereocenters. The Labute approximate surface area is 133 Å². The maximum atomic E-state index is 11.7. The van der Waals surface area contributed by atoms with E-state index in [1.165, 1.54) is 6.21 Å². The highest BCUT2D eigenvalue weighted by Crippen LogP contribution is 2.22. The lowest BCUT2D eigenvalue weighted by molar-refractivity contribution is -0.119. The van der Waals surface area contributed by atoms with E-state index in [2.05, 4.69) is 15.8 Å². The van der Waals surface area contributed by atoms with Crippen LogP contribution in [0.4, 0.5) is 5.69 Å². The minimum absolute atomic E-state index is 0.0819. The van der Waals surface area contributed by atoms with Crippen molar-refractivity contribution in [3.8, 4) is 5.75 Å². The van der Waals surface area contributed by atoms with Crippen molar-refractivity contribution in [3.63, 3.8) is 0 Å². The second-order valence-electron chi connectivity index (χ2n) is 4.65. The van der Waals surface area contributed by atoms with E-state index < -0.39 is 0 Å². The molecule has 0 bridgehead atoms. The zero-order chi connectivity index (χ0) is 15.9. The normalized spacial score (nSPS) is 10.6. The number of nitrogens with one attached hydrogen (secondary N) is 2. The van der Waals surface area contributed by atoms with Gasteiger partial charge in [0.05, 0.1) is 12.8 Å². The summed E-state index contributed by atoms with van der Waals surface area (Å²) in [6.45, 7) is 1.96. The molecule has 3 N–H and O–H groups in total. The first-order valence-corrected chi connectivity index (χ1v) is 7.04. The van der Waals surface area contributed by atoms with Crippen molar-refractivity contribution >= 4 is 29.4 Å². The maximum absolute atomic E-state index is 11.7. The van der Waals surface area contributed by atoms with Gasteiger partial charge in [0.1, 0.15) is 5.75 Å². The zero-order valence-electron chi connectivity index (χ0n) is 12.0. The summed E-state index contributed by atoms with van der Waals surface area (Å²) in [5.41, 5.74) is 4.80. The molecular weight excluding hydrogens is 302 g/mol. The molecule has 1 amide bonds. The molecule has 114 valence electrons. The van der Waals surface area contributed by atoms with E-state index >= 15 is 0 Å². The molecule has 0 heterocycles. The van der Waals surface area contributed by atoms with Crippen molar-refractivity contribution in [2.24, 2.45) is 5.10 Å². The Morgan fingerprint density at radius 2 is 2.09 bits per heavy atom. The Bertz CT molecular complexity index is 702. The number of benzene rings is 2. The van der Waals surface area contributed by atoms with Gasteiger partial charge in [0.15, 0.2) is 0 Å². The molecule has 0 unspecified atom stereocenters. The van der Waals surface area contributed by atoms with Crippen molar-refractivity contribution in [2.75, 3.05) is 11.9 Å². The summed E-state index contributed by atoms with van der Waals surface area (Å²) in [6.07, 6.45) is 1.46. The number of hydrogen-bond acceptors (Lipinski definition) is 4. The average molecular weight is 318 g/mol. The number of hydrogen-bond donors (Lipinski definition) is 3. The molecule has 0 radical (unpaired) electrons. The van der Waals surface area contributed by atoms with Gasteiger partial charge in [-0.3, -0.25) is 4.79 Å². The first-order valence-electron chi connectivity index (χ1n) is 6.66. The van der Waals surface area contributed by atoms with Crippen molar-refractivity contribution in [2.45, 2.75) is 6.92 Å². The second-order valence-corrected chi connectivity index (χ2v) is 5.06. The lowest BCUT2D eigenvalue weighted by Crippen LogP contribution is -2.26. The van der Waals surface area contributed by atoms with Crippen molar-refractivity contribution in [1.82, 2.24) is 5.43 Å². The molecule has 5 nitrogen and oxygen atoms in total. The highest BCUT2D eigenvalue weighted by Gasteiger charge is 2.04. The van der Waals surface area contributed by atoms with Gasteiger partial charge in [-0.15, -0.1) is 0 Å². The van der Waals surface area contributed by atoms with Crippen LogP contribution in [0.1, 0.15) is 11.1 Å². The number of rotatable bonds is 5. The zero-order valence-corrected chi connectivity index (χ0v) is 12.8. The number of anilines is 1. The molecule has 22 heavy (non-hydrogen) atoms. The van der Waals surface area contributed by atoms with Crippen molar-refractivity contribution < 1.29 is 9.90 Å². The number of phenolic OH excluding ortho intramolecular Hbond substituents is 1. The minimum Gasteiger partial charge on any atom is -0.508 e. The number of nitrogens with zero attached hydrogens (tertiary/aromatic N) is 1. The Morgan fingerprint density at radius 1 is 1.32 bits per heavy atom. The van der Waals surface area contributed by atoms with Gasteiger partial charge in [-0.2, -0.15) is 5.10 Å². The fourth-order valence-corrected chi connectivity index (χ4v) is 1.97. The van der Waals surface area contributed by atoms with Crippen molar-refractivity contribution in [3.05, 3.63) is 58.6 Å². The van der Waals surface area contributed by atoms with Crippen LogP contribution in [-0.2, 0) is 4.79 Å². The summed E-state index contributed by atoms with van der Waals surface area (Å²) < 4.78 is 0. The van der Waals surface area contributed by atoms with Crippen LogP contribution in [0.25, 0.3) is 0 Å². The molecule has 2 aromatic carbocycles. The number of carbonyl (C=O) groups is 1. The van der Waals surface area contributed by atoms with Gasteiger partial charge in [0, 0.05) is 10.7 Å². The van der Waals surface area contributed by atoms with E-state index in [4.69, 9.17) is 11.6 Å². The fourth-order valence-electron chi connectivity index (χ4n) is 1.80. The van der Waals surface area contributed by atoms with E-state index in [1.54, 1.807) is 30.3 Å². The van der Waals surface area contributed by atoms with Gasteiger partial charge in [-0.1, -0.05) is 29.8 Å². The average Bonchev–Trinajstić information content (AvgIpc) is 2.49. The van der Waals surface area contributed by atoms with Crippen LogP contribution in [0.15, 0.2) is 47.6 Å². The predicted octanol–water partition coefficient (Wildman–Crippen LogP) is 2.92. The number of amides is 1. The Balaban J connectivity index is 1.84. The van der Waals surface area contributed by atoms with E-state index in [1.807, 2.05) is 19.1 Å². The SMILES string of the molecule is Cc1c(Cl)cccc1NCC(=O)NN=Cc1cccc(O)c1. The summed E-state index contributed by atoms with van der Waals surface area (Å²) in [4.78, 5) is 11.7. The summed E-state index contributed by atoms with van der Waals surface area (Å²) in [5, 5.41) is 16.8. The largest absolute Gasteiger partial charge is 0.508 e. The lowest BCUT2D eigenvalue weighted by atomic mass is 10.2. The number of halogens is 1. The third-order valence-electron chi connectivity index (χ3n) is 2.98. The smallest absolute Gasteiger partial charge is 0.259 e. The fraction of sp³-hybridized carbons (Fsp3) is 0.125. The number of hydrazone groups is 1. The highest BCUT2D eigenvalue weighted by molar-refractivity contribution is 6.31. The number of carbonyl (C=O) groups excluding carboxylic acids is 1. The Morgan fingerprint density at radius 3 is 2.86 bits per heavy atom. The van der Waals surface area contributed by atoms with Gasteiger partial charge in [0.2, 0.25) is 0 Å².